The molecule has 0 spiro atoms. The SMILES string of the molecule is CC1(C(=O)Nc2ccc(Br)cc2)CNC(=O)C1. The van der Waals surface area contributed by atoms with Crippen molar-refractivity contribution in [2.24, 2.45) is 5.41 Å². The Morgan fingerprint density at radius 2 is 2.06 bits per heavy atom. The molecule has 1 atom stereocenters. The zero-order valence-electron chi connectivity index (χ0n) is 9.42. The van der Waals surface area contributed by atoms with E-state index >= 15 is 0 Å². The lowest BCUT2D eigenvalue weighted by molar-refractivity contribution is -0.126. The smallest absolute Gasteiger partial charge is 0.232 e. The second-order valence-corrected chi connectivity index (χ2v) is 5.39. The van der Waals surface area contributed by atoms with E-state index < -0.39 is 5.41 Å². The average Bonchev–Trinajstić information content (AvgIpc) is 2.63. The average molecular weight is 297 g/mol. The molecule has 2 rings (SSSR count). The summed E-state index contributed by atoms with van der Waals surface area (Å²) in [4.78, 5) is 23.2. The Hall–Kier alpha value is -1.36. The van der Waals surface area contributed by atoms with Crippen LogP contribution in [-0.2, 0) is 9.59 Å². The van der Waals surface area contributed by atoms with E-state index in [2.05, 4.69) is 26.6 Å². The molecule has 0 radical (unpaired) electrons. The highest BCUT2D eigenvalue weighted by Crippen LogP contribution is 2.27. The number of nitrogens with one attached hydrogen (secondary N) is 2. The number of rotatable bonds is 2. The van der Waals surface area contributed by atoms with Gasteiger partial charge >= 0.3 is 0 Å². The molecule has 90 valence electrons. The first-order valence-corrected chi connectivity index (χ1v) is 6.13. The van der Waals surface area contributed by atoms with Gasteiger partial charge in [0.15, 0.2) is 0 Å². The van der Waals surface area contributed by atoms with Crippen LogP contribution in [0.5, 0.6) is 0 Å². The molecule has 1 aliphatic rings. The summed E-state index contributed by atoms with van der Waals surface area (Å²) in [5.74, 6) is -0.198. The summed E-state index contributed by atoms with van der Waals surface area (Å²) in [6.07, 6.45) is 0.245. The van der Waals surface area contributed by atoms with Crippen molar-refractivity contribution < 1.29 is 9.59 Å². The van der Waals surface area contributed by atoms with Gasteiger partial charge < -0.3 is 10.6 Å². The van der Waals surface area contributed by atoms with Crippen LogP contribution in [0.1, 0.15) is 13.3 Å². The largest absolute Gasteiger partial charge is 0.355 e. The van der Waals surface area contributed by atoms with Crippen LogP contribution in [0, 0.1) is 5.41 Å². The minimum absolute atomic E-state index is 0.0709. The van der Waals surface area contributed by atoms with E-state index in [1.165, 1.54) is 0 Å². The van der Waals surface area contributed by atoms with Crippen molar-refractivity contribution in [1.82, 2.24) is 5.32 Å². The van der Waals surface area contributed by atoms with Crippen molar-refractivity contribution in [3.63, 3.8) is 0 Å². The van der Waals surface area contributed by atoms with Crippen molar-refractivity contribution in [3.05, 3.63) is 28.7 Å². The first-order chi connectivity index (χ1) is 7.99. The molecule has 4 nitrogen and oxygen atoms in total. The number of carbonyl (C=O) groups excluding carboxylic acids is 2. The van der Waals surface area contributed by atoms with Crippen LogP contribution in [0.25, 0.3) is 0 Å². The van der Waals surface area contributed by atoms with Crippen molar-refractivity contribution in [2.75, 3.05) is 11.9 Å². The molecule has 0 saturated carbocycles. The van der Waals surface area contributed by atoms with Crippen molar-refractivity contribution in [3.8, 4) is 0 Å². The standard InChI is InChI=1S/C12H13BrN2O2/c1-12(6-10(16)14-7-12)11(17)15-9-4-2-8(13)3-5-9/h2-5H,6-7H2,1H3,(H,14,16)(H,15,17). The number of halogens is 1. The summed E-state index contributed by atoms with van der Waals surface area (Å²) >= 11 is 3.33. The summed E-state index contributed by atoms with van der Waals surface area (Å²) in [7, 11) is 0. The van der Waals surface area contributed by atoms with Gasteiger partial charge in [0.25, 0.3) is 0 Å². The maximum absolute atomic E-state index is 12.1. The van der Waals surface area contributed by atoms with Gasteiger partial charge in [-0.1, -0.05) is 15.9 Å². The zero-order chi connectivity index (χ0) is 12.5. The molecule has 1 unspecified atom stereocenters. The lowest BCUT2D eigenvalue weighted by Gasteiger charge is -2.20. The van der Waals surface area contributed by atoms with Crippen LogP contribution in [0.4, 0.5) is 5.69 Å². The zero-order valence-corrected chi connectivity index (χ0v) is 11.0. The number of carbonyl (C=O) groups is 2. The van der Waals surface area contributed by atoms with Gasteiger partial charge in [-0.2, -0.15) is 0 Å². The van der Waals surface area contributed by atoms with E-state index in [1.807, 2.05) is 24.3 Å². The van der Waals surface area contributed by atoms with Gasteiger partial charge in [0.05, 0.1) is 5.41 Å². The third-order valence-corrected chi connectivity index (χ3v) is 3.41. The quantitative estimate of drug-likeness (QED) is 0.876. The van der Waals surface area contributed by atoms with E-state index in [-0.39, 0.29) is 18.2 Å². The predicted molar refractivity (Wildman–Crippen MR) is 68.5 cm³/mol. The molecule has 1 aromatic carbocycles. The molecule has 1 aromatic rings. The van der Waals surface area contributed by atoms with Crippen molar-refractivity contribution in [1.29, 1.82) is 0 Å². The lowest BCUT2D eigenvalue weighted by atomic mass is 9.88. The minimum Gasteiger partial charge on any atom is -0.355 e. The molecule has 0 aliphatic carbocycles. The van der Waals surface area contributed by atoms with E-state index in [4.69, 9.17) is 0 Å². The highest BCUT2D eigenvalue weighted by atomic mass is 79.9. The van der Waals surface area contributed by atoms with Crippen LogP contribution in [0.3, 0.4) is 0 Å². The molecule has 2 amide bonds. The van der Waals surface area contributed by atoms with Crippen LogP contribution in [-0.4, -0.2) is 18.4 Å². The second-order valence-electron chi connectivity index (χ2n) is 4.48. The predicted octanol–water partition coefficient (Wildman–Crippen LogP) is 1.91. The summed E-state index contributed by atoms with van der Waals surface area (Å²) in [6.45, 7) is 2.19. The number of hydrogen-bond acceptors (Lipinski definition) is 2. The van der Waals surface area contributed by atoms with E-state index in [9.17, 15) is 9.59 Å². The summed E-state index contributed by atoms with van der Waals surface area (Å²) < 4.78 is 0.958. The molecule has 1 heterocycles. The van der Waals surface area contributed by atoms with Gasteiger partial charge in [0.1, 0.15) is 0 Å². The Bertz CT molecular complexity index is 458. The highest BCUT2D eigenvalue weighted by molar-refractivity contribution is 9.10. The van der Waals surface area contributed by atoms with Crippen LogP contribution in [0.2, 0.25) is 0 Å². The number of amides is 2. The Morgan fingerprint density at radius 3 is 2.59 bits per heavy atom. The van der Waals surface area contributed by atoms with E-state index in [1.54, 1.807) is 6.92 Å². The maximum Gasteiger partial charge on any atom is 0.232 e. The fourth-order valence-electron chi connectivity index (χ4n) is 1.75. The number of anilines is 1. The Kier molecular flexibility index (Phi) is 3.19. The molecule has 0 bridgehead atoms. The molecule has 2 N–H and O–H groups in total. The number of benzene rings is 1. The third-order valence-electron chi connectivity index (χ3n) is 2.88. The van der Waals surface area contributed by atoms with Gasteiger partial charge in [-0.15, -0.1) is 0 Å². The van der Waals surface area contributed by atoms with Crippen LogP contribution >= 0.6 is 15.9 Å². The summed E-state index contributed by atoms with van der Waals surface area (Å²) in [6, 6.07) is 7.34. The van der Waals surface area contributed by atoms with Gasteiger partial charge in [-0.05, 0) is 31.2 Å². The topological polar surface area (TPSA) is 58.2 Å². The van der Waals surface area contributed by atoms with Crippen LogP contribution in [0.15, 0.2) is 28.7 Å². The molecular formula is C12H13BrN2O2. The van der Waals surface area contributed by atoms with Gasteiger partial charge in [-0.3, -0.25) is 9.59 Å². The molecule has 1 fully saturated rings. The fraction of sp³-hybridized carbons (Fsp3) is 0.333. The maximum atomic E-state index is 12.1. The first kappa shape index (κ1) is 12.1. The molecule has 5 heteroatoms. The normalized spacial score (nSPS) is 23.3. The minimum atomic E-state index is -0.649. The van der Waals surface area contributed by atoms with E-state index in [0.717, 1.165) is 10.2 Å². The van der Waals surface area contributed by atoms with Gasteiger partial charge in [0.2, 0.25) is 11.8 Å². The Morgan fingerprint density at radius 1 is 1.41 bits per heavy atom. The monoisotopic (exact) mass is 296 g/mol. The molecule has 1 saturated heterocycles. The van der Waals surface area contributed by atoms with Gasteiger partial charge in [0, 0.05) is 23.1 Å². The van der Waals surface area contributed by atoms with Crippen LogP contribution < -0.4 is 10.6 Å². The Balaban J connectivity index is 2.06. The molecule has 17 heavy (non-hydrogen) atoms. The Labute approximate surface area is 108 Å². The fourth-order valence-corrected chi connectivity index (χ4v) is 2.01. The van der Waals surface area contributed by atoms with Gasteiger partial charge in [-0.25, -0.2) is 0 Å². The molecule has 1 aliphatic heterocycles. The van der Waals surface area contributed by atoms with E-state index in [0.29, 0.717) is 6.54 Å². The summed E-state index contributed by atoms with van der Waals surface area (Å²) in [5.41, 5.74) is 0.0863. The van der Waals surface area contributed by atoms with Crippen molar-refractivity contribution >= 4 is 33.4 Å². The first-order valence-electron chi connectivity index (χ1n) is 5.33. The molecular weight excluding hydrogens is 284 g/mol. The number of hydrogen-bond donors (Lipinski definition) is 2. The van der Waals surface area contributed by atoms with Crippen molar-refractivity contribution in [2.45, 2.75) is 13.3 Å². The highest BCUT2D eigenvalue weighted by Gasteiger charge is 2.40. The second kappa shape index (κ2) is 4.49. The molecule has 0 aromatic heterocycles. The summed E-state index contributed by atoms with van der Waals surface area (Å²) in [5, 5.41) is 5.50. The third kappa shape index (κ3) is 2.66. The lowest BCUT2D eigenvalue weighted by Crippen LogP contribution is -2.35.